The summed E-state index contributed by atoms with van der Waals surface area (Å²) in [5, 5.41) is 9.17. The topological polar surface area (TPSA) is 37.3 Å². The van der Waals surface area contributed by atoms with Crippen LogP contribution in [-0.4, -0.2) is 11.1 Å². The van der Waals surface area contributed by atoms with Crippen molar-refractivity contribution in [3.8, 4) is 11.1 Å². The van der Waals surface area contributed by atoms with Crippen LogP contribution in [0.3, 0.4) is 0 Å². The fraction of sp³-hybridized carbons (Fsp3) is 0.0833. The number of benzene rings is 1. The standard InChI is InChI=1S/C12H8BrFO2S/c1-6-9(7-3-2-4-8(14)5-7)10(12(15)16)11(13)17-6/h2-5H,1H3,(H,15,16). The van der Waals surface area contributed by atoms with Crippen molar-refractivity contribution in [3.05, 3.63) is 44.3 Å². The van der Waals surface area contributed by atoms with Gasteiger partial charge in [-0.1, -0.05) is 12.1 Å². The maximum absolute atomic E-state index is 13.2. The van der Waals surface area contributed by atoms with Crippen LogP contribution in [0.2, 0.25) is 0 Å². The molecule has 88 valence electrons. The molecule has 17 heavy (non-hydrogen) atoms. The second-order valence-corrected chi connectivity index (χ2v) is 6.04. The summed E-state index contributed by atoms with van der Waals surface area (Å²) < 4.78 is 13.7. The molecule has 0 saturated heterocycles. The van der Waals surface area contributed by atoms with Crippen LogP contribution in [0.4, 0.5) is 4.39 Å². The second-order valence-electron chi connectivity index (χ2n) is 3.50. The van der Waals surface area contributed by atoms with Gasteiger partial charge in [-0.15, -0.1) is 11.3 Å². The smallest absolute Gasteiger partial charge is 0.338 e. The van der Waals surface area contributed by atoms with Gasteiger partial charge in [0.2, 0.25) is 0 Å². The lowest BCUT2D eigenvalue weighted by Gasteiger charge is -2.03. The zero-order chi connectivity index (χ0) is 12.6. The molecule has 0 amide bonds. The van der Waals surface area contributed by atoms with Gasteiger partial charge in [0.05, 0.1) is 9.35 Å². The van der Waals surface area contributed by atoms with E-state index in [1.807, 2.05) is 6.92 Å². The highest BCUT2D eigenvalue weighted by Crippen LogP contribution is 2.39. The average Bonchev–Trinajstić information content (AvgIpc) is 2.53. The molecule has 0 bridgehead atoms. The first-order chi connectivity index (χ1) is 8.00. The Labute approximate surface area is 110 Å². The van der Waals surface area contributed by atoms with E-state index in [0.29, 0.717) is 14.9 Å². The third-order valence-electron chi connectivity index (χ3n) is 2.37. The zero-order valence-electron chi connectivity index (χ0n) is 8.83. The van der Waals surface area contributed by atoms with Gasteiger partial charge in [-0.2, -0.15) is 0 Å². The number of carboxylic acids is 1. The normalized spacial score (nSPS) is 10.5. The van der Waals surface area contributed by atoms with Gasteiger partial charge in [0, 0.05) is 10.4 Å². The Morgan fingerprint density at radius 3 is 2.76 bits per heavy atom. The van der Waals surface area contributed by atoms with Crippen molar-refractivity contribution in [1.29, 1.82) is 0 Å². The molecule has 0 aliphatic carbocycles. The van der Waals surface area contributed by atoms with Gasteiger partial charge in [0.25, 0.3) is 0 Å². The molecule has 1 N–H and O–H groups in total. The Bertz CT molecular complexity index is 592. The molecule has 1 aromatic carbocycles. The lowest BCUT2D eigenvalue weighted by Crippen LogP contribution is -1.98. The third-order valence-corrected chi connectivity index (χ3v) is 4.14. The number of hydrogen-bond acceptors (Lipinski definition) is 2. The molecule has 2 rings (SSSR count). The van der Waals surface area contributed by atoms with E-state index in [9.17, 15) is 14.3 Å². The fourth-order valence-corrected chi connectivity index (χ4v) is 3.67. The number of carboxylic acid groups (broad SMARTS) is 1. The number of halogens is 2. The Hall–Kier alpha value is -1.20. The first-order valence-corrected chi connectivity index (χ1v) is 6.39. The van der Waals surface area contributed by atoms with E-state index in [2.05, 4.69) is 15.9 Å². The maximum atomic E-state index is 13.2. The van der Waals surface area contributed by atoms with Gasteiger partial charge in [0.15, 0.2) is 0 Å². The van der Waals surface area contributed by atoms with Gasteiger partial charge < -0.3 is 5.11 Å². The molecular formula is C12H8BrFO2S. The van der Waals surface area contributed by atoms with Crippen LogP contribution in [0.15, 0.2) is 28.1 Å². The van der Waals surface area contributed by atoms with Crippen LogP contribution in [0.25, 0.3) is 11.1 Å². The summed E-state index contributed by atoms with van der Waals surface area (Å²) >= 11 is 4.57. The predicted octanol–water partition coefficient (Wildman–Crippen LogP) is 4.32. The van der Waals surface area contributed by atoms with Gasteiger partial charge >= 0.3 is 5.97 Å². The largest absolute Gasteiger partial charge is 0.478 e. The summed E-state index contributed by atoms with van der Waals surface area (Å²) in [6.07, 6.45) is 0. The number of thiophene rings is 1. The van der Waals surface area contributed by atoms with Crippen LogP contribution >= 0.6 is 27.3 Å². The van der Waals surface area contributed by atoms with E-state index < -0.39 is 5.97 Å². The van der Waals surface area contributed by atoms with E-state index in [4.69, 9.17) is 0 Å². The minimum Gasteiger partial charge on any atom is -0.478 e. The van der Waals surface area contributed by atoms with E-state index in [1.165, 1.54) is 23.5 Å². The molecule has 2 nitrogen and oxygen atoms in total. The molecular weight excluding hydrogens is 307 g/mol. The Kier molecular flexibility index (Phi) is 3.31. The highest BCUT2D eigenvalue weighted by Gasteiger charge is 2.21. The number of aryl methyl sites for hydroxylation is 1. The van der Waals surface area contributed by atoms with Crippen LogP contribution in [-0.2, 0) is 0 Å². The van der Waals surface area contributed by atoms with Crippen molar-refractivity contribution in [3.63, 3.8) is 0 Å². The Balaban J connectivity index is 2.70. The number of hydrogen-bond donors (Lipinski definition) is 1. The van der Waals surface area contributed by atoms with Crippen LogP contribution in [0.1, 0.15) is 15.2 Å². The van der Waals surface area contributed by atoms with Gasteiger partial charge in [0.1, 0.15) is 5.82 Å². The lowest BCUT2D eigenvalue weighted by atomic mass is 10.0. The molecule has 0 radical (unpaired) electrons. The molecule has 0 aliphatic heterocycles. The molecule has 1 aromatic heterocycles. The van der Waals surface area contributed by atoms with E-state index >= 15 is 0 Å². The molecule has 0 atom stereocenters. The van der Waals surface area contributed by atoms with E-state index in [1.54, 1.807) is 12.1 Å². The Morgan fingerprint density at radius 2 is 2.18 bits per heavy atom. The van der Waals surface area contributed by atoms with Crippen molar-refractivity contribution < 1.29 is 14.3 Å². The molecule has 5 heteroatoms. The predicted molar refractivity (Wildman–Crippen MR) is 69.1 cm³/mol. The van der Waals surface area contributed by atoms with Gasteiger partial charge in [-0.05, 0) is 40.5 Å². The van der Waals surface area contributed by atoms with Crippen LogP contribution < -0.4 is 0 Å². The Morgan fingerprint density at radius 1 is 1.47 bits per heavy atom. The summed E-state index contributed by atoms with van der Waals surface area (Å²) in [6, 6.07) is 5.95. The number of carbonyl (C=O) groups is 1. The fourth-order valence-electron chi connectivity index (χ4n) is 1.69. The molecule has 1 heterocycles. The third kappa shape index (κ3) is 2.25. The summed E-state index contributed by atoms with van der Waals surface area (Å²) in [5.74, 6) is -1.39. The highest BCUT2D eigenvalue weighted by atomic mass is 79.9. The van der Waals surface area contributed by atoms with Crippen molar-refractivity contribution in [2.24, 2.45) is 0 Å². The van der Waals surface area contributed by atoms with Crippen molar-refractivity contribution in [2.75, 3.05) is 0 Å². The minimum atomic E-state index is -1.01. The molecule has 0 spiro atoms. The van der Waals surface area contributed by atoms with Gasteiger partial charge in [-0.25, -0.2) is 9.18 Å². The summed E-state index contributed by atoms with van der Waals surface area (Å²) in [5.41, 5.74) is 1.36. The number of rotatable bonds is 2. The summed E-state index contributed by atoms with van der Waals surface area (Å²) in [6.45, 7) is 1.82. The minimum absolute atomic E-state index is 0.193. The first-order valence-electron chi connectivity index (χ1n) is 4.79. The second kappa shape index (κ2) is 4.58. The maximum Gasteiger partial charge on any atom is 0.338 e. The molecule has 0 saturated carbocycles. The zero-order valence-corrected chi connectivity index (χ0v) is 11.2. The average molecular weight is 315 g/mol. The SMILES string of the molecule is Cc1sc(Br)c(C(=O)O)c1-c1cccc(F)c1. The van der Waals surface area contributed by atoms with Crippen molar-refractivity contribution in [1.82, 2.24) is 0 Å². The van der Waals surface area contributed by atoms with Crippen molar-refractivity contribution in [2.45, 2.75) is 6.92 Å². The highest BCUT2D eigenvalue weighted by molar-refractivity contribution is 9.11. The summed E-state index contributed by atoms with van der Waals surface area (Å²) in [7, 11) is 0. The lowest BCUT2D eigenvalue weighted by molar-refractivity contribution is 0.0697. The van der Waals surface area contributed by atoms with E-state index in [0.717, 1.165) is 4.88 Å². The molecule has 0 fully saturated rings. The van der Waals surface area contributed by atoms with E-state index in [-0.39, 0.29) is 11.4 Å². The van der Waals surface area contributed by atoms with Crippen LogP contribution in [0.5, 0.6) is 0 Å². The molecule has 0 aliphatic rings. The van der Waals surface area contributed by atoms with Gasteiger partial charge in [-0.3, -0.25) is 0 Å². The molecule has 0 unspecified atom stereocenters. The summed E-state index contributed by atoms with van der Waals surface area (Å²) in [4.78, 5) is 12.0. The van der Waals surface area contributed by atoms with Crippen LogP contribution in [0, 0.1) is 12.7 Å². The molecule has 2 aromatic rings. The monoisotopic (exact) mass is 314 g/mol. The quantitative estimate of drug-likeness (QED) is 0.896. The number of aromatic carboxylic acids is 1. The first kappa shape index (κ1) is 12.3. The van der Waals surface area contributed by atoms with Crippen molar-refractivity contribution >= 4 is 33.2 Å².